The molecule has 0 saturated carbocycles. The van der Waals surface area contributed by atoms with Gasteiger partial charge >= 0.3 is 5.97 Å². The highest BCUT2D eigenvalue weighted by Gasteiger charge is 2.30. The summed E-state index contributed by atoms with van der Waals surface area (Å²) in [6.45, 7) is 5.53. The second-order valence-corrected chi connectivity index (χ2v) is 5.49. The van der Waals surface area contributed by atoms with Gasteiger partial charge in [0.2, 0.25) is 5.91 Å². The third kappa shape index (κ3) is 5.31. The van der Waals surface area contributed by atoms with Gasteiger partial charge in [0.15, 0.2) is 0 Å². The number of carbonyl (C=O) groups excluding carboxylic acids is 2. The summed E-state index contributed by atoms with van der Waals surface area (Å²) in [5.41, 5.74) is 1.09. The number of ether oxygens (including phenoxy) is 1. The van der Waals surface area contributed by atoms with E-state index in [1.807, 2.05) is 30.3 Å². The Morgan fingerprint density at radius 1 is 1.36 bits per heavy atom. The number of piperazine rings is 1. The molecule has 1 aliphatic rings. The second-order valence-electron chi connectivity index (χ2n) is 5.49. The van der Waals surface area contributed by atoms with Gasteiger partial charge in [-0.3, -0.25) is 9.59 Å². The monoisotopic (exact) mass is 326 g/mol. The Hall–Kier alpha value is -1.59. The highest BCUT2D eigenvalue weighted by atomic mass is 35.5. The van der Waals surface area contributed by atoms with E-state index in [4.69, 9.17) is 4.74 Å². The number of benzene rings is 1. The molecule has 6 heteroatoms. The van der Waals surface area contributed by atoms with Gasteiger partial charge in [0.05, 0.1) is 18.6 Å². The lowest BCUT2D eigenvalue weighted by Crippen LogP contribution is -2.55. The minimum Gasteiger partial charge on any atom is -0.463 e. The predicted molar refractivity (Wildman–Crippen MR) is 86.7 cm³/mol. The van der Waals surface area contributed by atoms with Gasteiger partial charge < -0.3 is 15.0 Å². The van der Waals surface area contributed by atoms with Gasteiger partial charge in [0.1, 0.15) is 0 Å². The Bertz CT molecular complexity index is 493. The van der Waals surface area contributed by atoms with Gasteiger partial charge in [0.25, 0.3) is 0 Å². The number of halogens is 1. The zero-order valence-corrected chi connectivity index (χ0v) is 13.8. The third-order valence-electron chi connectivity index (χ3n) is 3.34. The predicted octanol–water partition coefficient (Wildman–Crippen LogP) is 1.75. The van der Waals surface area contributed by atoms with Crippen LogP contribution < -0.4 is 5.32 Å². The maximum atomic E-state index is 12.4. The van der Waals surface area contributed by atoms with Crippen molar-refractivity contribution in [2.45, 2.75) is 39.0 Å². The number of amides is 1. The van der Waals surface area contributed by atoms with E-state index in [1.165, 1.54) is 0 Å². The first-order valence-electron chi connectivity index (χ1n) is 7.32. The van der Waals surface area contributed by atoms with Crippen LogP contribution >= 0.6 is 12.4 Å². The van der Waals surface area contributed by atoms with E-state index < -0.39 is 6.04 Å². The molecule has 0 aromatic heterocycles. The van der Waals surface area contributed by atoms with Crippen LogP contribution in [0.15, 0.2) is 30.3 Å². The fraction of sp³-hybridized carbons (Fsp3) is 0.500. The summed E-state index contributed by atoms with van der Waals surface area (Å²) in [5.74, 6) is -0.372. The van der Waals surface area contributed by atoms with E-state index in [1.54, 1.807) is 18.7 Å². The zero-order chi connectivity index (χ0) is 15.2. The SMILES string of the molecule is CC(C)OC(=O)CC1NCCN(Cc2ccccc2)C1=O.Cl. The normalized spacial score (nSPS) is 18.0. The number of hydrogen-bond acceptors (Lipinski definition) is 4. The van der Waals surface area contributed by atoms with Crippen molar-refractivity contribution in [2.24, 2.45) is 0 Å². The summed E-state index contributed by atoms with van der Waals surface area (Å²) in [6.07, 6.45) is -0.0703. The molecule has 1 saturated heterocycles. The Morgan fingerprint density at radius 3 is 2.68 bits per heavy atom. The van der Waals surface area contributed by atoms with Crippen LogP contribution in [0.25, 0.3) is 0 Å². The number of esters is 1. The van der Waals surface area contributed by atoms with Crippen molar-refractivity contribution >= 4 is 24.3 Å². The molecule has 1 atom stereocenters. The molecule has 1 heterocycles. The molecule has 5 nitrogen and oxygen atoms in total. The Kier molecular flexibility index (Phi) is 7.35. The van der Waals surface area contributed by atoms with Crippen molar-refractivity contribution in [3.05, 3.63) is 35.9 Å². The first kappa shape index (κ1) is 18.5. The lowest BCUT2D eigenvalue weighted by Gasteiger charge is -2.33. The number of nitrogens with zero attached hydrogens (tertiary/aromatic N) is 1. The molecule has 1 N–H and O–H groups in total. The van der Waals surface area contributed by atoms with Gasteiger partial charge in [-0.05, 0) is 19.4 Å². The molecule has 0 aliphatic carbocycles. The third-order valence-corrected chi connectivity index (χ3v) is 3.34. The fourth-order valence-corrected chi connectivity index (χ4v) is 2.39. The molecule has 0 radical (unpaired) electrons. The van der Waals surface area contributed by atoms with E-state index in [0.29, 0.717) is 19.6 Å². The molecule has 22 heavy (non-hydrogen) atoms. The van der Waals surface area contributed by atoms with Crippen molar-refractivity contribution in [2.75, 3.05) is 13.1 Å². The van der Waals surface area contributed by atoms with Gasteiger partial charge in [0, 0.05) is 19.6 Å². The molecule has 2 rings (SSSR count). The summed E-state index contributed by atoms with van der Waals surface area (Å²) < 4.78 is 5.11. The van der Waals surface area contributed by atoms with E-state index in [-0.39, 0.29) is 36.8 Å². The molecule has 1 aromatic carbocycles. The lowest BCUT2D eigenvalue weighted by molar-refractivity contribution is -0.151. The first-order valence-corrected chi connectivity index (χ1v) is 7.32. The van der Waals surface area contributed by atoms with Gasteiger partial charge in [-0.25, -0.2) is 0 Å². The molecular formula is C16H23ClN2O3. The number of hydrogen-bond donors (Lipinski definition) is 1. The van der Waals surface area contributed by atoms with Crippen LogP contribution in [0, 0.1) is 0 Å². The van der Waals surface area contributed by atoms with Crippen LogP contribution in [0.2, 0.25) is 0 Å². The zero-order valence-electron chi connectivity index (χ0n) is 13.0. The number of carbonyl (C=O) groups is 2. The van der Waals surface area contributed by atoms with Crippen LogP contribution in [-0.2, 0) is 20.9 Å². The molecule has 1 aliphatic heterocycles. The maximum absolute atomic E-state index is 12.4. The topological polar surface area (TPSA) is 58.6 Å². The summed E-state index contributed by atoms with van der Waals surface area (Å²) in [5, 5.41) is 3.10. The van der Waals surface area contributed by atoms with Crippen molar-refractivity contribution < 1.29 is 14.3 Å². The second kappa shape index (κ2) is 8.76. The van der Waals surface area contributed by atoms with Gasteiger partial charge in [-0.15, -0.1) is 12.4 Å². The summed E-state index contributed by atoms with van der Waals surface area (Å²) in [4.78, 5) is 25.9. The molecule has 0 spiro atoms. The van der Waals surface area contributed by atoms with E-state index in [0.717, 1.165) is 5.56 Å². The summed E-state index contributed by atoms with van der Waals surface area (Å²) >= 11 is 0. The van der Waals surface area contributed by atoms with Crippen LogP contribution in [0.1, 0.15) is 25.8 Å². The minimum absolute atomic E-state index is 0. The largest absolute Gasteiger partial charge is 0.463 e. The van der Waals surface area contributed by atoms with Gasteiger partial charge in [-0.2, -0.15) is 0 Å². The quantitative estimate of drug-likeness (QED) is 0.838. The van der Waals surface area contributed by atoms with Crippen LogP contribution in [0.5, 0.6) is 0 Å². The maximum Gasteiger partial charge on any atom is 0.308 e. The highest BCUT2D eigenvalue weighted by Crippen LogP contribution is 2.11. The Morgan fingerprint density at radius 2 is 2.05 bits per heavy atom. The summed E-state index contributed by atoms with van der Waals surface area (Å²) in [6, 6.07) is 9.38. The number of rotatable bonds is 5. The molecule has 1 aromatic rings. The van der Waals surface area contributed by atoms with Gasteiger partial charge in [-0.1, -0.05) is 30.3 Å². The molecule has 1 fully saturated rings. The summed E-state index contributed by atoms with van der Waals surface area (Å²) in [7, 11) is 0. The average Bonchev–Trinajstić information content (AvgIpc) is 2.43. The Labute approximate surface area is 137 Å². The smallest absolute Gasteiger partial charge is 0.308 e. The average molecular weight is 327 g/mol. The molecule has 1 amide bonds. The molecule has 0 bridgehead atoms. The Balaban J connectivity index is 0.00000242. The van der Waals surface area contributed by atoms with Crippen molar-refractivity contribution in [1.82, 2.24) is 10.2 Å². The van der Waals surface area contributed by atoms with Crippen molar-refractivity contribution in [3.63, 3.8) is 0 Å². The first-order chi connectivity index (χ1) is 10.1. The number of nitrogens with one attached hydrogen (secondary N) is 1. The highest BCUT2D eigenvalue weighted by molar-refractivity contribution is 5.87. The van der Waals surface area contributed by atoms with E-state index in [2.05, 4.69) is 5.32 Å². The van der Waals surface area contributed by atoms with Crippen LogP contribution in [0.4, 0.5) is 0 Å². The minimum atomic E-state index is -0.478. The molecule has 1 unspecified atom stereocenters. The van der Waals surface area contributed by atoms with Crippen LogP contribution in [0.3, 0.4) is 0 Å². The molecular weight excluding hydrogens is 304 g/mol. The van der Waals surface area contributed by atoms with Crippen molar-refractivity contribution in [1.29, 1.82) is 0 Å². The molecule has 122 valence electrons. The lowest BCUT2D eigenvalue weighted by atomic mass is 10.1. The standard InChI is InChI=1S/C16H22N2O3.ClH/c1-12(2)21-15(19)10-14-16(20)18(9-8-17-14)11-13-6-4-3-5-7-13;/h3-7,12,14,17H,8-11H2,1-2H3;1H. The van der Waals surface area contributed by atoms with E-state index in [9.17, 15) is 9.59 Å². The van der Waals surface area contributed by atoms with E-state index >= 15 is 0 Å². The van der Waals surface area contributed by atoms with Crippen molar-refractivity contribution in [3.8, 4) is 0 Å². The fourth-order valence-electron chi connectivity index (χ4n) is 2.39. The van der Waals surface area contributed by atoms with Crippen LogP contribution in [-0.4, -0.2) is 42.0 Å².